The maximum atomic E-state index is 12.9. The summed E-state index contributed by atoms with van der Waals surface area (Å²) in [4.78, 5) is 23.8. The molecule has 1 amide bonds. The van der Waals surface area contributed by atoms with Crippen molar-refractivity contribution in [2.45, 2.75) is 12.8 Å². The van der Waals surface area contributed by atoms with Crippen LogP contribution in [0.5, 0.6) is 0 Å². The third-order valence-electron chi connectivity index (χ3n) is 5.58. The molecule has 4 rings (SSSR count). The van der Waals surface area contributed by atoms with Crippen LogP contribution >= 0.6 is 0 Å². The highest BCUT2D eigenvalue weighted by atomic mass is 16.2. The third-order valence-corrected chi connectivity index (χ3v) is 5.58. The molecule has 0 saturated carbocycles. The molecule has 5 nitrogen and oxygen atoms in total. The molecule has 0 unspecified atom stereocenters. The van der Waals surface area contributed by atoms with E-state index in [1.54, 1.807) is 0 Å². The van der Waals surface area contributed by atoms with Gasteiger partial charge in [0.05, 0.1) is 0 Å². The summed E-state index contributed by atoms with van der Waals surface area (Å²) >= 11 is 0. The zero-order valence-electron chi connectivity index (χ0n) is 15.1. The van der Waals surface area contributed by atoms with E-state index in [4.69, 9.17) is 0 Å². The maximum absolute atomic E-state index is 12.9. The molecule has 0 aliphatic carbocycles. The number of piperidine rings is 1. The Kier molecular flexibility index (Phi) is 5.04. The van der Waals surface area contributed by atoms with Crippen molar-refractivity contribution in [1.29, 1.82) is 0 Å². The van der Waals surface area contributed by atoms with Crippen molar-refractivity contribution >= 4 is 17.3 Å². The van der Waals surface area contributed by atoms with Crippen molar-refractivity contribution < 1.29 is 4.79 Å². The van der Waals surface area contributed by atoms with Crippen molar-refractivity contribution in [1.82, 2.24) is 9.88 Å². The first kappa shape index (κ1) is 16.9. The molecular formula is C21H26N4O. The Morgan fingerprint density at radius 3 is 2.00 bits per heavy atom. The number of hydrogen-bond acceptors (Lipinski definition) is 4. The minimum Gasteiger partial charge on any atom is -0.371 e. The van der Waals surface area contributed by atoms with Gasteiger partial charge in [-0.05, 0) is 37.1 Å². The quantitative estimate of drug-likeness (QED) is 0.853. The van der Waals surface area contributed by atoms with Gasteiger partial charge in [0.2, 0.25) is 5.91 Å². The summed E-state index contributed by atoms with van der Waals surface area (Å²) in [5, 5.41) is 0. The van der Waals surface area contributed by atoms with Crippen LogP contribution < -0.4 is 9.80 Å². The molecule has 1 aromatic heterocycles. The predicted molar refractivity (Wildman–Crippen MR) is 104 cm³/mol. The minimum atomic E-state index is 0.177. The molecule has 0 radical (unpaired) electrons. The van der Waals surface area contributed by atoms with Gasteiger partial charge in [0.25, 0.3) is 0 Å². The Morgan fingerprint density at radius 1 is 0.769 bits per heavy atom. The first-order valence-corrected chi connectivity index (χ1v) is 9.55. The van der Waals surface area contributed by atoms with Gasteiger partial charge in [-0.1, -0.05) is 18.2 Å². The van der Waals surface area contributed by atoms with E-state index in [1.807, 2.05) is 30.6 Å². The smallest absolute Gasteiger partial charge is 0.225 e. The molecule has 2 saturated heterocycles. The number of rotatable bonds is 3. The number of anilines is 2. The number of piperazine rings is 1. The summed E-state index contributed by atoms with van der Waals surface area (Å²) in [5.74, 6) is 0.531. The fraction of sp³-hybridized carbons (Fsp3) is 0.429. The van der Waals surface area contributed by atoms with E-state index < -0.39 is 0 Å². The van der Waals surface area contributed by atoms with Crippen LogP contribution in [0, 0.1) is 5.92 Å². The van der Waals surface area contributed by atoms with E-state index in [0.717, 1.165) is 52.1 Å². The topological polar surface area (TPSA) is 39.7 Å². The molecule has 3 heterocycles. The van der Waals surface area contributed by atoms with E-state index in [2.05, 4.69) is 43.9 Å². The number of amides is 1. The monoisotopic (exact) mass is 350 g/mol. The fourth-order valence-electron chi connectivity index (χ4n) is 4.02. The minimum absolute atomic E-state index is 0.177. The number of carbonyl (C=O) groups is 1. The SMILES string of the molecule is O=C(C1CCN(c2ccncc2)CC1)N1CCN(c2ccccc2)CC1. The molecule has 136 valence electrons. The van der Waals surface area contributed by atoms with Gasteiger partial charge in [0.15, 0.2) is 0 Å². The van der Waals surface area contributed by atoms with Crippen LogP contribution in [-0.2, 0) is 4.79 Å². The van der Waals surface area contributed by atoms with Gasteiger partial charge in [-0.3, -0.25) is 9.78 Å². The van der Waals surface area contributed by atoms with Crippen molar-refractivity contribution in [3.05, 3.63) is 54.9 Å². The molecule has 0 bridgehead atoms. The van der Waals surface area contributed by atoms with Gasteiger partial charge in [0.1, 0.15) is 0 Å². The van der Waals surface area contributed by atoms with Crippen molar-refractivity contribution in [3.63, 3.8) is 0 Å². The van der Waals surface area contributed by atoms with Crippen molar-refractivity contribution in [2.24, 2.45) is 5.92 Å². The lowest BCUT2D eigenvalue weighted by molar-refractivity contribution is -0.136. The van der Waals surface area contributed by atoms with Crippen molar-refractivity contribution in [3.8, 4) is 0 Å². The largest absolute Gasteiger partial charge is 0.371 e. The second-order valence-electron chi connectivity index (χ2n) is 7.11. The summed E-state index contributed by atoms with van der Waals surface area (Å²) in [6.07, 6.45) is 5.55. The lowest BCUT2D eigenvalue weighted by atomic mass is 9.94. The highest BCUT2D eigenvalue weighted by Gasteiger charge is 2.30. The van der Waals surface area contributed by atoms with Crippen LogP contribution in [0.1, 0.15) is 12.8 Å². The summed E-state index contributed by atoms with van der Waals surface area (Å²) in [5.41, 5.74) is 2.47. The second kappa shape index (κ2) is 7.77. The Morgan fingerprint density at radius 2 is 1.35 bits per heavy atom. The van der Waals surface area contributed by atoms with E-state index in [1.165, 1.54) is 11.4 Å². The number of pyridine rings is 1. The van der Waals surface area contributed by atoms with Gasteiger partial charge in [-0.2, -0.15) is 0 Å². The third kappa shape index (κ3) is 3.66. The van der Waals surface area contributed by atoms with E-state index in [9.17, 15) is 4.79 Å². The van der Waals surface area contributed by atoms with Gasteiger partial charge in [-0.25, -0.2) is 0 Å². The molecule has 2 aliphatic rings. The van der Waals surface area contributed by atoms with Crippen LogP contribution in [0.3, 0.4) is 0 Å². The summed E-state index contributed by atoms with van der Waals surface area (Å²) in [7, 11) is 0. The normalized spacial score (nSPS) is 18.8. The first-order chi connectivity index (χ1) is 12.8. The lowest BCUT2D eigenvalue weighted by Gasteiger charge is -2.39. The first-order valence-electron chi connectivity index (χ1n) is 9.55. The molecular weight excluding hydrogens is 324 g/mol. The molecule has 0 spiro atoms. The van der Waals surface area contributed by atoms with Crippen LogP contribution in [0.2, 0.25) is 0 Å². The molecule has 0 N–H and O–H groups in total. The molecule has 0 atom stereocenters. The maximum Gasteiger partial charge on any atom is 0.225 e. The summed E-state index contributed by atoms with van der Waals surface area (Å²) in [6, 6.07) is 14.6. The van der Waals surface area contributed by atoms with E-state index >= 15 is 0 Å². The fourth-order valence-corrected chi connectivity index (χ4v) is 4.02. The summed E-state index contributed by atoms with van der Waals surface area (Å²) < 4.78 is 0. The number of aromatic nitrogens is 1. The lowest BCUT2D eigenvalue weighted by Crippen LogP contribution is -2.51. The average Bonchev–Trinajstić information content (AvgIpc) is 2.75. The van der Waals surface area contributed by atoms with Gasteiger partial charge >= 0.3 is 0 Å². The number of carbonyl (C=O) groups excluding carboxylic acids is 1. The Hall–Kier alpha value is -2.56. The molecule has 2 aromatic rings. The zero-order chi connectivity index (χ0) is 17.8. The molecule has 2 fully saturated rings. The second-order valence-corrected chi connectivity index (χ2v) is 7.11. The number of hydrogen-bond donors (Lipinski definition) is 0. The summed E-state index contributed by atoms with van der Waals surface area (Å²) in [6.45, 7) is 5.41. The molecule has 1 aromatic carbocycles. The molecule has 2 aliphatic heterocycles. The van der Waals surface area contributed by atoms with Crippen molar-refractivity contribution in [2.75, 3.05) is 49.1 Å². The average molecular weight is 350 g/mol. The Balaban J connectivity index is 1.28. The van der Waals surface area contributed by atoms with Crippen LogP contribution in [0.15, 0.2) is 54.9 Å². The van der Waals surface area contributed by atoms with Crippen LogP contribution in [0.4, 0.5) is 11.4 Å². The number of benzene rings is 1. The Labute approximate surface area is 155 Å². The van der Waals surface area contributed by atoms with E-state index in [-0.39, 0.29) is 5.92 Å². The number of para-hydroxylation sites is 1. The number of nitrogens with zero attached hydrogens (tertiary/aromatic N) is 4. The molecule has 5 heteroatoms. The van der Waals surface area contributed by atoms with Crippen LogP contribution in [0.25, 0.3) is 0 Å². The zero-order valence-corrected chi connectivity index (χ0v) is 15.1. The standard InChI is InChI=1S/C21H26N4O/c26-21(18-8-12-23(13-9-18)20-6-10-22-11-7-20)25-16-14-24(15-17-25)19-4-2-1-3-5-19/h1-7,10-11,18H,8-9,12-17H2. The highest BCUT2D eigenvalue weighted by molar-refractivity contribution is 5.79. The van der Waals surface area contributed by atoms with E-state index in [0.29, 0.717) is 5.91 Å². The van der Waals surface area contributed by atoms with Gasteiger partial charge < -0.3 is 14.7 Å². The molecule has 26 heavy (non-hydrogen) atoms. The van der Waals surface area contributed by atoms with Crippen LogP contribution in [-0.4, -0.2) is 55.1 Å². The Bertz CT molecular complexity index is 644. The van der Waals surface area contributed by atoms with Gasteiger partial charge in [0, 0.05) is 69.0 Å². The van der Waals surface area contributed by atoms with Gasteiger partial charge in [-0.15, -0.1) is 0 Å². The predicted octanol–water partition coefficient (Wildman–Crippen LogP) is 2.65. The highest BCUT2D eigenvalue weighted by Crippen LogP contribution is 2.25.